The van der Waals surface area contributed by atoms with Gasteiger partial charge in [-0.05, 0) is 6.92 Å². The van der Waals surface area contributed by atoms with Crippen LogP contribution in [-0.4, -0.2) is 36.0 Å². The van der Waals surface area contributed by atoms with E-state index < -0.39 is 0 Å². The fraction of sp³-hybridized carbons (Fsp3) is 0.667. The van der Waals surface area contributed by atoms with Crippen molar-refractivity contribution < 1.29 is 0 Å². The molecule has 84 valence electrons. The summed E-state index contributed by atoms with van der Waals surface area (Å²) in [6.07, 6.45) is 0. The van der Waals surface area contributed by atoms with E-state index in [1.165, 1.54) is 0 Å². The molecule has 1 aromatic heterocycles. The van der Waals surface area contributed by atoms with Crippen molar-refractivity contribution in [2.75, 3.05) is 31.1 Å². The van der Waals surface area contributed by atoms with Crippen molar-refractivity contribution >= 4 is 30.0 Å². The second kappa shape index (κ2) is 4.63. The van der Waals surface area contributed by atoms with Crippen molar-refractivity contribution in [1.29, 1.82) is 0 Å². The highest BCUT2D eigenvalue weighted by atomic mass is 35.5. The number of thiol groups is 1. The fourth-order valence-electron chi connectivity index (χ4n) is 1.72. The van der Waals surface area contributed by atoms with E-state index in [1.54, 1.807) is 0 Å². The van der Waals surface area contributed by atoms with Gasteiger partial charge in [-0.1, -0.05) is 11.6 Å². The lowest BCUT2D eigenvalue weighted by Gasteiger charge is -2.27. The van der Waals surface area contributed by atoms with E-state index in [0.29, 0.717) is 5.88 Å². The first-order chi connectivity index (χ1) is 7.24. The third-order valence-electron chi connectivity index (χ3n) is 2.67. The minimum atomic E-state index is 0.567. The Balaban J connectivity index is 2.26. The summed E-state index contributed by atoms with van der Waals surface area (Å²) in [5.74, 6) is 1.46. The summed E-state index contributed by atoms with van der Waals surface area (Å²) in [4.78, 5) is 2.21. The van der Waals surface area contributed by atoms with E-state index >= 15 is 0 Å². The van der Waals surface area contributed by atoms with Crippen LogP contribution in [-0.2, 0) is 5.88 Å². The zero-order valence-corrected chi connectivity index (χ0v) is 10.4. The number of hydrogen-bond donors (Lipinski definition) is 2. The normalized spacial score (nSPS) is 17.1. The maximum absolute atomic E-state index is 6.25. The van der Waals surface area contributed by atoms with Crippen molar-refractivity contribution in [3.8, 4) is 0 Å². The molecule has 2 heterocycles. The topological polar surface area (TPSA) is 33.1 Å². The van der Waals surface area contributed by atoms with Crippen molar-refractivity contribution in [2.24, 2.45) is 0 Å². The van der Waals surface area contributed by atoms with E-state index in [4.69, 9.17) is 11.6 Å². The Morgan fingerprint density at radius 3 is 2.67 bits per heavy atom. The number of nitrogens with one attached hydrogen (secondary N) is 1. The van der Waals surface area contributed by atoms with Gasteiger partial charge in [-0.2, -0.15) is 17.7 Å². The molecule has 1 fully saturated rings. The molecular weight excluding hydrogens is 232 g/mol. The highest BCUT2D eigenvalue weighted by Crippen LogP contribution is 2.28. The van der Waals surface area contributed by atoms with Gasteiger partial charge in [-0.25, -0.2) is 0 Å². The van der Waals surface area contributed by atoms with Gasteiger partial charge in [0.25, 0.3) is 0 Å². The molecular formula is C9H15ClN4S. The summed E-state index contributed by atoms with van der Waals surface area (Å²) in [5.41, 5.74) is 0.986. The van der Waals surface area contributed by atoms with Gasteiger partial charge in [-0.15, -0.1) is 0 Å². The minimum Gasteiger partial charge on any atom is -0.351 e. The Hall–Kier alpha value is -0.390. The van der Waals surface area contributed by atoms with Gasteiger partial charge in [-0.3, -0.25) is 4.68 Å². The number of halogens is 1. The second-order valence-corrected chi connectivity index (χ2v) is 4.26. The van der Waals surface area contributed by atoms with Crippen molar-refractivity contribution in [3.63, 3.8) is 0 Å². The van der Waals surface area contributed by atoms with Crippen LogP contribution >= 0.6 is 24.2 Å². The molecule has 4 nitrogen and oxygen atoms in total. The fourth-order valence-corrected chi connectivity index (χ4v) is 2.25. The Morgan fingerprint density at radius 2 is 2.13 bits per heavy atom. The van der Waals surface area contributed by atoms with Gasteiger partial charge in [0.1, 0.15) is 5.02 Å². The van der Waals surface area contributed by atoms with E-state index in [1.807, 2.05) is 11.6 Å². The molecule has 0 unspecified atom stereocenters. The van der Waals surface area contributed by atoms with Crippen LogP contribution in [0.3, 0.4) is 0 Å². The Bertz CT molecular complexity index is 346. The molecule has 0 radical (unpaired) electrons. The predicted molar refractivity (Wildman–Crippen MR) is 66.0 cm³/mol. The molecule has 2 rings (SSSR count). The number of hydrogen-bond acceptors (Lipinski definition) is 4. The molecule has 0 spiro atoms. The van der Waals surface area contributed by atoms with Gasteiger partial charge in [0, 0.05) is 26.2 Å². The molecule has 0 atom stereocenters. The molecule has 1 aliphatic heterocycles. The minimum absolute atomic E-state index is 0.567. The molecule has 1 aromatic rings. The SMILES string of the molecule is Cc1c(Cl)c(N2CCNCC2)nn1CS. The van der Waals surface area contributed by atoms with Crippen molar-refractivity contribution in [2.45, 2.75) is 12.8 Å². The Morgan fingerprint density at radius 1 is 1.47 bits per heavy atom. The molecule has 0 aromatic carbocycles. The smallest absolute Gasteiger partial charge is 0.169 e. The maximum Gasteiger partial charge on any atom is 0.169 e. The van der Waals surface area contributed by atoms with Crippen LogP contribution in [0.2, 0.25) is 5.02 Å². The molecule has 0 saturated carbocycles. The molecule has 0 bridgehead atoms. The second-order valence-electron chi connectivity index (χ2n) is 3.60. The van der Waals surface area contributed by atoms with Gasteiger partial charge in [0.2, 0.25) is 0 Å². The molecule has 15 heavy (non-hydrogen) atoms. The Kier molecular flexibility index (Phi) is 3.43. The van der Waals surface area contributed by atoms with Crippen LogP contribution in [0.4, 0.5) is 5.82 Å². The van der Waals surface area contributed by atoms with E-state index in [0.717, 1.165) is 42.7 Å². The third-order valence-corrected chi connectivity index (χ3v) is 3.38. The summed E-state index contributed by atoms with van der Waals surface area (Å²) in [5, 5.41) is 8.52. The number of aromatic nitrogens is 2. The highest BCUT2D eigenvalue weighted by molar-refractivity contribution is 7.79. The van der Waals surface area contributed by atoms with E-state index in [9.17, 15) is 0 Å². The first-order valence-corrected chi connectivity index (χ1v) is 6.04. The van der Waals surface area contributed by atoms with Gasteiger partial charge in [0.05, 0.1) is 11.6 Å². The van der Waals surface area contributed by atoms with Crippen LogP contribution in [0.15, 0.2) is 0 Å². The summed E-state index contributed by atoms with van der Waals surface area (Å²) in [6, 6.07) is 0. The summed E-state index contributed by atoms with van der Waals surface area (Å²) in [7, 11) is 0. The van der Waals surface area contributed by atoms with E-state index in [2.05, 4.69) is 27.9 Å². The lowest BCUT2D eigenvalue weighted by molar-refractivity contribution is 0.580. The highest BCUT2D eigenvalue weighted by Gasteiger charge is 2.19. The lowest BCUT2D eigenvalue weighted by atomic mass is 10.3. The standard InChI is InChI=1S/C9H15ClN4S/c1-7-8(10)9(12-14(7)6-15)13-4-2-11-3-5-13/h11,15H,2-6H2,1H3. The number of rotatable bonds is 2. The molecule has 1 aliphatic rings. The predicted octanol–water partition coefficient (Wildman–Crippen LogP) is 1.14. The molecule has 1 saturated heterocycles. The van der Waals surface area contributed by atoms with Crippen LogP contribution in [0.5, 0.6) is 0 Å². The molecule has 0 amide bonds. The average molecular weight is 247 g/mol. The average Bonchev–Trinajstić information content (AvgIpc) is 2.57. The molecule has 0 aliphatic carbocycles. The third kappa shape index (κ3) is 2.09. The van der Waals surface area contributed by atoms with E-state index in [-0.39, 0.29) is 0 Å². The largest absolute Gasteiger partial charge is 0.351 e. The van der Waals surface area contributed by atoms with Crippen LogP contribution in [0.1, 0.15) is 5.69 Å². The zero-order chi connectivity index (χ0) is 10.8. The van der Waals surface area contributed by atoms with Crippen molar-refractivity contribution in [3.05, 3.63) is 10.7 Å². The first kappa shape index (κ1) is 11.1. The van der Waals surface area contributed by atoms with Crippen LogP contribution in [0.25, 0.3) is 0 Å². The van der Waals surface area contributed by atoms with Crippen LogP contribution < -0.4 is 10.2 Å². The zero-order valence-electron chi connectivity index (χ0n) is 8.70. The number of nitrogens with zero attached hydrogens (tertiary/aromatic N) is 3. The van der Waals surface area contributed by atoms with Crippen molar-refractivity contribution in [1.82, 2.24) is 15.1 Å². The van der Waals surface area contributed by atoms with Crippen LogP contribution in [0, 0.1) is 6.92 Å². The summed E-state index contributed by atoms with van der Waals surface area (Å²) < 4.78 is 1.82. The monoisotopic (exact) mass is 246 g/mol. The number of piperazine rings is 1. The van der Waals surface area contributed by atoms with Gasteiger partial charge >= 0.3 is 0 Å². The van der Waals surface area contributed by atoms with Gasteiger partial charge in [0.15, 0.2) is 5.82 Å². The Labute approximate surface area is 100.0 Å². The maximum atomic E-state index is 6.25. The van der Waals surface area contributed by atoms with Gasteiger partial charge < -0.3 is 10.2 Å². The molecule has 1 N–H and O–H groups in total. The summed E-state index contributed by atoms with van der Waals surface area (Å²) in [6.45, 7) is 5.87. The molecule has 6 heteroatoms. The quantitative estimate of drug-likeness (QED) is 0.768. The lowest BCUT2D eigenvalue weighted by Crippen LogP contribution is -2.43. The summed E-state index contributed by atoms with van der Waals surface area (Å²) >= 11 is 10.5. The first-order valence-electron chi connectivity index (χ1n) is 5.03. The number of anilines is 1.